The molecule has 2 amide bonds. The maximum absolute atomic E-state index is 15.1. The highest BCUT2D eigenvalue weighted by Crippen LogP contribution is 2.46. The first-order valence-corrected chi connectivity index (χ1v) is 14.9. The number of aliphatic hydroxyl groups is 2. The van der Waals surface area contributed by atoms with Crippen LogP contribution in [0.25, 0.3) is 22.3 Å². The smallest absolute Gasteiger partial charge is 0.407 e. The second kappa shape index (κ2) is 10.6. The van der Waals surface area contributed by atoms with Crippen molar-refractivity contribution in [2.24, 2.45) is 0 Å². The molecule has 11 nitrogen and oxygen atoms in total. The van der Waals surface area contributed by atoms with Crippen molar-refractivity contribution in [3.05, 3.63) is 61.7 Å². The standard InChI is InChI=1S/C32H37FN4O7/c1-6-32(42)19-11-23-27-17(13-37(23)28(39)18(19)14-43-29(32)40)26-21(35-24(38)9-10-34-30(41)44-31(3,4)5)8-7-16-15(2)20(33)12-22(36-27)25(16)26/h11-12,21,29,40,42H,6-10,13-14H2,1-5H3,(H,34,41)(H,35,38)/t21-,29?,32-/m0/s1. The Morgan fingerprint density at radius 1 is 1.25 bits per heavy atom. The number of hydrogen-bond acceptors (Lipinski definition) is 8. The van der Waals surface area contributed by atoms with Gasteiger partial charge in [-0.25, -0.2) is 14.2 Å². The Balaban J connectivity index is 1.41. The van der Waals surface area contributed by atoms with Crippen LogP contribution in [0, 0.1) is 12.7 Å². The van der Waals surface area contributed by atoms with Gasteiger partial charge in [-0.2, -0.15) is 0 Å². The summed E-state index contributed by atoms with van der Waals surface area (Å²) in [5, 5.41) is 28.3. The van der Waals surface area contributed by atoms with Crippen molar-refractivity contribution in [1.82, 2.24) is 20.2 Å². The molecule has 1 aromatic carbocycles. The number of benzene rings is 1. The number of rotatable bonds is 5. The van der Waals surface area contributed by atoms with Crippen molar-refractivity contribution in [2.45, 2.75) is 97.0 Å². The topological polar surface area (TPSA) is 152 Å². The number of halogens is 1. The number of pyridine rings is 2. The van der Waals surface area contributed by atoms with E-state index in [1.165, 1.54) is 6.07 Å². The molecule has 2 aliphatic heterocycles. The zero-order chi connectivity index (χ0) is 31.7. The minimum atomic E-state index is -1.78. The van der Waals surface area contributed by atoms with Crippen LogP contribution in [0.3, 0.4) is 0 Å². The lowest BCUT2D eigenvalue weighted by molar-refractivity contribution is -0.236. The number of aliphatic hydroxyl groups excluding tert-OH is 1. The van der Waals surface area contributed by atoms with Crippen LogP contribution in [0.2, 0.25) is 0 Å². The average molecular weight is 609 g/mol. The fourth-order valence-electron chi connectivity index (χ4n) is 6.67. The molecular formula is C32H37FN4O7. The minimum absolute atomic E-state index is 0.0196. The van der Waals surface area contributed by atoms with Crippen LogP contribution in [0.1, 0.15) is 86.4 Å². The van der Waals surface area contributed by atoms with Gasteiger partial charge in [-0.05, 0) is 69.7 Å². The first-order valence-electron chi connectivity index (χ1n) is 14.9. The van der Waals surface area contributed by atoms with E-state index in [-0.39, 0.29) is 60.9 Å². The molecule has 234 valence electrons. The van der Waals surface area contributed by atoms with Gasteiger partial charge in [0.25, 0.3) is 5.56 Å². The van der Waals surface area contributed by atoms with Crippen molar-refractivity contribution in [3.8, 4) is 11.4 Å². The van der Waals surface area contributed by atoms with E-state index < -0.39 is 29.6 Å². The summed E-state index contributed by atoms with van der Waals surface area (Å²) >= 11 is 0. The number of nitrogens with one attached hydrogen (secondary N) is 2. The predicted molar refractivity (Wildman–Crippen MR) is 158 cm³/mol. The maximum atomic E-state index is 15.1. The van der Waals surface area contributed by atoms with Gasteiger partial charge in [0.15, 0.2) is 6.29 Å². The van der Waals surface area contributed by atoms with Gasteiger partial charge < -0.3 is 34.9 Å². The molecule has 0 saturated heterocycles. The zero-order valence-electron chi connectivity index (χ0n) is 25.5. The number of ether oxygens (including phenoxy) is 2. The third kappa shape index (κ3) is 4.85. The number of hydrogen-bond donors (Lipinski definition) is 4. The van der Waals surface area contributed by atoms with Crippen LogP contribution in [-0.2, 0) is 39.4 Å². The third-order valence-electron chi connectivity index (χ3n) is 8.89. The van der Waals surface area contributed by atoms with E-state index in [2.05, 4.69) is 10.6 Å². The fourth-order valence-corrected chi connectivity index (χ4v) is 6.67. The SMILES string of the molecule is CC[C@]1(O)c2cc3n(c(=O)c2COC1O)Cc1c-3nc2cc(F)c(C)c3c2c1[C@@H](NC(=O)CCNC(=O)OC(C)(C)C)CC3. The lowest BCUT2D eigenvalue weighted by Gasteiger charge is -2.37. The predicted octanol–water partition coefficient (Wildman–Crippen LogP) is 3.34. The lowest BCUT2D eigenvalue weighted by atomic mass is 9.81. The summed E-state index contributed by atoms with van der Waals surface area (Å²) in [6.07, 6.45) is -0.955. The molecule has 6 rings (SSSR count). The van der Waals surface area contributed by atoms with E-state index in [1.54, 1.807) is 45.3 Å². The van der Waals surface area contributed by atoms with Gasteiger partial charge in [-0.15, -0.1) is 0 Å². The van der Waals surface area contributed by atoms with Gasteiger partial charge in [0.2, 0.25) is 5.91 Å². The maximum Gasteiger partial charge on any atom is 0.407 e. The molecule has 1 unspecified atom stereocenters. The first-order chi connectivity index (χ1) is 20.7. The summed E-state index contributed by atoms with van der Waals surface area (Å²) in [7, 11) is 0. The van der Waals surface area contributed by atoms with E-state index in [9.17, 15) is 24.6 Å². The monoisotopic (exact) mass is 608 g/mol. The lowest BCUT2D eigenvalue weighted by Crippen LogP contribution is -2.47. The number of alkyl carbamates (subject to hydrolysis) is 1. The van der Waals surface area contributed by atoms with Crippen molar-refractivity contribution < 1.29 is 33.7 Å². The summed E-state index contributed by atoms with van der Waals surface area (Å²) in [6, 6.07) is 2.61. The largest absolute Gasteiger partial charge is 0.444 e. The van der Waals surface area contributed by atoms with E-state index in [0.717, 1.165) is 22.1 Å². The third-order valence-corrected chi connectivity index (χ3v) is 8.89. The molecule has 0 radical (unpaired) electrons. The van der Waals surface area contributed by atoms with Crippen LogP contribution in [-0.4, -0.2) is 50.2 Å². The van der Waals surface area contributed by atoms with Gasteiger partial charge in [0.05, 0.1) is 36.1 Å². The highest BCUT2D eigenvalue weighted by Gasteiger charge is 2.45. The van der Waals surface area contributed by atoms with Crippen molar-refractivity contribution in [2.75, 3.05) is 6.54 Å². The molecule has 12 heteroatoms. The van der Waals surface area contributed by atoms with Crippen molar-refractivity contribution in [3.63, 3.8) is 0 Å². The molecule has 3 atom stereocenters. The molecule has 1 aliphatic carbocycles. The second-order valence-corrected chi connectivity index (χ2v) is 12.8. The molecule has 3 aromatic rings. The Morgan fingerprint density at radius 2 is 2.00 bits per heavy atom. The highest BCUT2D eigenvalue weighted by molar-refractivity contribution is 5.93. The van der Waals surface area contributed by atoms with E-state index in [1.807, 2.05) is 0 Å². The molecule has 0 bridgehead atoms. The zero-order valence-corrected chi connectivity index (χ0v) is 25.5. The van der Waals surface area contributed by atoms with Gasteiger partial charge in [-0.3, -0.25) is 9.59 Å². The van der Waals surface area contributed by atoms with Gasteiger partial charge in [-0.1, -0.05) is 6.92 Å². The molecule has 4 heterocycles. The van der Waals surface area contributed by atoms with Crippen molar-refractivity contribution in [1.29, 1.82) is 0 Å². The van der Waals surface area contributed by atoms with Crippen LogP contribution >= 0.6 is 0 Å². The summed E-state index contributed by atoms with van der Waals surface area (Å²) in [5.74, 6) is -0.669. The Bertz CT molecular complexity index is 1780. The molecule has 0 saturated carbocycles. The van der Waals surface area contributed by atoms with Crippen LogP contribution in [0.5, 0.6) is 0 Å². The molecule has 0 fully saturated rings. The van der Waals surface area contributed by atoms with E-state index in [0.29, 0.717) is 35.3 Å². The van der Waals surface area contributed by atoms with Crippen LogP contribution in [0.4, 0.5) is 9.18 Å². The van der Waals surface area contributed by atoms with E-state index in [4.69, 9.17) is 14.5 Å². The number of nitrogens with zero attached hydrogens (tertiary/aromatic N) is 2. The van der Waals surface area contributed by atoms with Gasteiger partial charge >= 0.3 is 6.09 Å². The van der Waals surface area contributed by atoms with Crippen molar-refractivity contribution >= 4 is 22.9 Å². The molecule has 4 N–H and O–H groups in total. The molecular weight excluding hydrogens is 571 g/mol. The average Bonchev–Trinajstić information content (AvgIpc) is 3.32. The summed E-state index contributed by atoms with van der Waals surface area (Å²) in [4.78, 5) is 43.8. The Hall–Kier alpha value is -3.87. The number of aromatic nitrogens is 2. The van der Waals surface area contributed by atoms with E-state index >= 15 is 4.39 Å². The summed E-state index contributed by atoms with van der Waals surface area (Å²) in [5.41, 5.74) is 1.94. The normalized spacial score (nSPS) is 21.8. The fraction of sp³-hybridized carbons (Fsp3) is 0.500. The summed E-state index contributed by atoms with van der Waals surface area (Å²) < 4.78 is 27.3. The van der Waals surface area contributed by atoms with Crippen LogP contribution in [0.15, 0.2) is 16.9 Å². The van der Waals surface area contributed by atoms with Gasteiger partial charge in [0.1, 0.15) is 17.0 Å². The number of amides is 2. The molecule has 3 aliphatic rings. The van der Waals surface area contributed by atoms with Gasteiger partial charge in [0, 0.05) is 41.1 Å². The molecule has 0 spiro atoms. The second-order valence-electron chi connectivity index (χ2n) is 12.8. The summed E-state index contributed by atoms with van der Waals surface area (Å²) in [6.45, 7) is 8.79. The number of carbonyl (C=O) groups is 2. The van der Waals surface area contributed by atoms with Crippen LogP contribution < -0.4 is 16.2 Å². The Labute approximate surface area is 253 Å². The number of fused-ring (bicyclic) bond motifs is 5. The Kier molecular flexibility index (Phi) is 7.29. The minimum Gasteiger partial charge on any atom is -0.444 e. The Morgan fingerprint density at radius 3 is 2.70 bits per heavy atom. The molecule has 2 aromatic heterocycles. The quantitative estimate of drug-likeness (QED) is 0.269. The number of carbonyl (C=O) groups excluding carboxylic acids is 2. The highest BCUT2D eigenvalue weighted by atomic mass is 19.1. The molecule has 44 heavy (non-hydrogen) atoms. The number of aryl methyl sites for hydroxylation is 1. The first kappa shape index (κ1) is 30.2.